The van der Waals surface area contributed by atoms with Crippen LogP contribution < -0.4 is 10.6 Å². The first-order valence-corrected chi connectivity index (χ1v) is 6.14. The zero-order chi connectivity index (χ0) is 16.5. The molecule has 0 aliphatic heterocycles. The maximum atomic E-state index is 9.10. The van der Waals surface area contributed by atoms with E-state index in [0.717, 1.165) is 11.4 Å². The van der Waals surface area contributed by atoms with E-state index < -0.39 is 11.9 Å². The van der Waals surface area contributed by atoms with Crippen LogP contribution in [0.1, 0.15) is 0 Å². The molecule has 0 unspecified atom stereocenters. The summed E-state index contributed by atoms with van der Waals surface area (Å²) in [5.74, 6) is -3.64. The van der Waals surface area contributed by atoms with E-state index in [1.807, 2.05) is 60.7 Å². The topological polar surface area (TPSA) is 128 Å². The number of rotatable bonds is 2. The molecule has 0 aliphatic carbocycles. The molecule has 2 rings (SSSR count). The largest absolute Gasteiger partial charge is 0.473 e. The Morgan fingerprint density at radius 1 is 0.818 bits per heavy atom. The summed E-state index contributed by atoms with van der Waals surface area (Å²) in [4.78, 5) is 19.9. The molecular formula is C15H15N3O4. The maximum absolute atomic E-state index is 9.10. The number of aliphatic carboxylic acids is 2. The number of nitrogens with one attached hydrogen (secondary N) is 1. The van der Waals surface area contributed by atoms with Crippen LogP contribution in [-0.2, 0) is 9.59 Å². The highest BCUT2D eigenvalue weighted by Crippen LogP contribution is 2.23. The van der Waals surface area contributed by atoms with Crippen molar-refractivity contribution in [3.05, 3.63) is 60.7 Å². The minimum absolute atomic E-state index is 0.0115. The molecule has 0 bridgehead atoms. The van der Waals surface area contributed by atoms with Crippen molar-refractivity contribution in [2.45, 2.75) is 0 Å². The van der Waals surface area contributed by atoms with E-state index in [9.17, 15) is 0 Å². The van der Waals surface area contributed by atoms with Crippen molar-refractivity contribution >= 4 is 29.3 Å². The van der Waals surface area contributed by atoms with Gasteiger partial charge in [-0.3, -0.25) is 10.3 Å². The van der Waals surface area contributed by atoms with Gasteiger partial charge in [-0.1, -0.05) is 36.4 Å². The molecule has 0 spiro atoms. The molecule has 114 valence electrons. The standard InChI is InChI=1S/C13H13N3.C2H2O4/c14-13(15)16(11-7-3-1-4-8-11)12-9-5-2-6-10-12;3-1(4)2(5)6/h1-10H,(H3,14,15);(H,3,4)(H,5,6). The Morgan fingerprint density at radius 2 is 1.14 bits per heavy atom. The average Bonchev–Trinajstić information content (AvgIpc) is 2.50. The predicted molar refractivity (Wildman–Crippen MR) is 82.2 cm³/mol. The fourth-order valence-corrected chi connectivity index (χ4v) is 1.58. The molecule has 0 heterocycles. The van der Waals surface area contributed by atoms with Crippen LogP contribution in [-0.4, -0.2) is 28.1 Å². The van der Waals surface area contributed by atoms with Crippen molar-refractivity contribution in [1.82, 2.24) is 0 Å². The molecule has 7 nitrogen and oxygen atoms in total. The second kappa shape index (κ2) is 8.05. The first-order chi connectivity index (χ1) is 10.4. The average molecular weight is 301 g/mol. The minimum atomic E-state index is -1.82. The number of hydrogen-bond acceptors (Lipinski definition) is 3. The second-order valence-corrected chi connectivity index (χ2v) is 4.00. The summed E-state index contributed by atoms with van der Waals surface area (Å²) in [7, 11) is 0. The predicted octanol–water partition coefficient (Wildman–Crippen LogP) is 1.87. The lowest BCUT2D eigenvalue weighted by Gasteiger charge is -2.22. The van der Waals surface area contributed by atoms with Gasteiger partial charge in [-0.05, 0) is 24.3 Å². The molecule has 0 aliphatic rings. The number of guanidine groups is 1. The number of carboxylic acids is 2. The number of para-hydroxylation sites is 2. The number of nitrogens with two attached hydrogens (primary N) is 1. The van der Waals surface area contributed by atoms with Gasteiger partial charge >= 0.3 is 11.9 Å². The van der Waals surface area contributed by atoms with Crippen LogP contribution in [0.4, 0.5) is 11.4 Å². The van der Waals surface area contributed by atoms with Gasteiger partial charge < -0.3 is 15.9 Å². The molecule has 0 saturated carbocycles. The summed E-state index contributed by atoms with van der Waals surface area (Å²) < 4.78 is 0. The van der Waals surface area contributed by atoms with Crippen LogP contribution in [0.2, 0.25) is 0 Å². The molecule has 2 aromatic rings. The Hall–Kier alpha value is -3.35. The van der Waals surface area contributed by atoms with Crippen LogP contribution in [0.5, 0.6) is 0 Å². The number of benzene rings is 2. The molecule has 0 saturated heterocycles. The molecule has 0 amide bonds. The van der Waals surface area contributed by atoms with Crippen molar-refractivity contribution in [2.24, 2.45) is 5.73 Å². The van der Waals surface area contributed by atoms with Crippen molar-refractivity contribution in [2.75, 3.05) is 4.90 Å². The summed E-state index contributed by atoms with van der Waals surface area (Å²) in [6.07, 6.45) is 0. The SMILES string of the molecule is N=C(N)N(c1ccccc1)c1ccccc1.O=C(O)C(=O)O. The van der Waals surface area contributed by atoms with Crippen LogP contribution in [0.3, 0.4) is 0 Å². The quantitative estimate of drug-likeness (QED) is 0.381. The first kappa shape index (κ1) is 16.7. The lowest BCUT2D eigenvalue weighted by molar-refractivity contribution is -0.159. The van der Waals surface area contributed by atoms with Gasteiger partial charge in [-0.25, -0.2) is 9.59 Å². The monoisotopic (exact) mass is 301 g/mol. The van der Waals surface area contributed by atoms with E-state index in [1.54, 1.807) is 4.90 Å². The lowest BCUT2D eigenvalue weighted by Crippen LogP contribution is -2.32. The van der Waals surface area contributed by atoms with Crippen molar-refractivity contribution < 1.29 is 19.8 Å². The zero-order valence-electron chi connectivity index (χ0n) is 11.5. The molecular weight excluding hydrogens is 286 g/mol. The molecule has 7 heteroatoms. The number of anilines is 2. The van der Waals surface area contributed by atoms with Gasteiger partial charge in [0.25, 0.3) is 0 Å². The smallest absolute Gasteiger partial charge is 0.414 e. The summed E-state index contributed by atoms with van der Waals surface area (Å²) >= 11 is 0. The summed E-state index contributed by atoms with van der Waals surface area (Å²) in [5, 5.41) is 22.4. The number of carbonyl (C=O) groups is 2. The van der Waals surface area contributed by atoms with E-state index in [0.29, 0.717) is 0 Å². The maximum Gasteiger partial charge on any atom is 0.414 e. The Kier molecular flexibility index (Phi) is 6.11. The summed E-state index contributed by atoms with van der Waals surface area (Å²) in [5.41, 5.74) is 7.39. The Morgan fingerprint density at radius 3 is 1.36 bits per heavy atom. The van der Waals surface area contributed by atoms with Crippen molar-refractivity contribution in [3.8, 4) is 0 Å². The molecule has 22 heavy (non-hydrogen) atoms. The van der Waals surface area contributed by atoms with Gasteiger partial charge in [-0.15, -0.1) is 0 Å². The zero-order valence-corrected chi connectivity index (χ0v) is 11.5. The number of nitrogens with zero attached hydrogens (tertiary/aromatic N) is 1. The van der Waals surface area contributed by atoms with Gasteiger partial charge in [0.15, 0.2) is 5.96 Å². The Bertz CT molecular complexity index is 593. The molecule has 0 atom stereocenters. The van der Waals surface area contributed by atoms with Crippen molar-refractivity contribution in [3.63, 3.8) is 0 Å². The third-order valence-corrected chi connectivity index (χ3v) is 2.45. The van der Waals surface area contributed by atoms with Gasteiger partial charge in [0.1, 0.15) is 0 Å². The van der Waals surface area contributed by atoms with Gasteiger partial charge in [0.2, 0.25) is 0 Å². The Labute approximate surface area is 126 Å². The van der Waals surface area contributed by atoms with E-state index in [1.165, 1.54) is 0 Å². The highest BCUT2D eigenvalue weighted by Gasteiger charge is 2.10. The Balaban J connectivity index is 0.000000346. The molecule has 0 radical (unpaired) electrons. The molecule has 5 N–H and O–H groups in total. The van der Waals surface area contributed by atoms with E-state index >= 15 is 0 Å². The van der Waals surface area contributed by atoms with Crippen LogP contribution in [0, 0.1) is 5.41 Å². The minimum Gasteiger partial charge on any atom is -0.473 e. The van der Waals surface area contributed by atoms with E-state index in [4.69, 9.17) is 30.9 Å². The van der Waals surface area contributed by atoms with Crippen LogP contribution >= 0.6 is 0 Å². The number of carboxylic acid groups (broad SMARTS) is 2. The number of hydrogen-bond donors (Lipinski definition) is 4. The fraction of sp³-hybridized carbons (Fsp3) is 0. The molecule has 0 fully saturated rings. The van der Waals surface area contributed by atoms with E-state index in [-0.39, 0.29) is 5.96 Å². The van der Waals surface area contributed by atoms with Gasteiger partial charge in [0, 0.05) is 11.4 Å². The van der Waals surface area contributed by atoms with Gasteiger partial charge in [-0.2, -0.15) is 0 Å². The first-order valence-electron chi connectivity index (χ1n) is 6.14. The fourth-order valence-electron chi connectivity index (χ4n) is 1.58. The highest BCUT2D eigenvalue weighted by atomic mass is 16.4. The lowest BCUT2D eigenvalue weighted by atomic mass is 10.2. The molecule has 2 aromatic carbocycles. The van der Waals surface area contributed by atoms with Gasteiger partial charge in [0.05, 0.1) is 0 Å². The van der Waals surface area contributed by atoms with Crippen LogP contribution in [0.15, 0.2) is 60.7 Å². The highest BCUT2D eigenvalue weighted by molar-refractivity contribution is 6.27. The third kappa shape index (κ3) is 4.97. The second-order valence-electron chi connectivity index (χ2n) is 4.00. The third-order valence-electron chi connectivity index (χ3n) is 2.45. The normalized spacial score (nSPS) is 9.09. The van der Waals surface area contributed by atoms with Crippen LogP contribution in [0.25, 0.3) is 0 Å². The van der Waals surface area contributed by atoms with E-state index in [2.05, 4.69) is 0 Å². The van der Waals surface area contributed by atoms with Crippen molar-refractivity contribution in [1.29, 1.82) is 5.41 Å². The summed E-state index contributed by atoms with van der Waals surface area (Å²) in [6.45, 7) is 0. The molecule has 0 aromatic heterocycles. The summed E-state index contributed by atoms with van der Waals surface area (Å²) in [6, 6.07) is 19.3.